The van der Waals surface area contributed by atoms with Gasteiger partial charge < -0.3 is 4.98 Å². The van der Waals surface area contributed by atoms with Crippen molar-refractivity contribution in [3.63, 3.8) is 0 Å². The van der Waals surface area contributed by atoms with E-state index in [-0.39, 0.29) is 24.2 Å². The van der Waals surface area contributed by atoms with Gasteiger partial charge in [0.25, 0.3) is 0 Å². The maximum atomic E-state index is 8.00. The molecule has 0 saturated heterocycles. The second-order valence-electron chi connectivity index (χ2n) is 3.07. The summed E-state index contributed by atoms with van der Waals surface area (Å²) in [6.45, 7) is 0.459. The number of aromatic nitrogens is 1. The Hall–Kier alpha value is -0.870. The highest BCUT2D eigenvalue weighted by atomic mass is 34.1. The Labute approximate surface area is 102 Å². The summed E-state index contributed by atoms with van der Waals surface area (Å²) < 4.78 is 32.3. The molecule has 1 aliphatic rings. The largest absolute Gasteiger partial charge is 0.349 e. The number of aromatic amines is 1. The highest BCUT2D eigenvalue weighted by molar-refractivity contribution is 8.38. The van der Waals surface area contributed by atoms with Gasteiger partial charge in [-0.2, -0.15) is 0 Å². The zero-order valence-electron chi connectivity index (χ0n) is 12.0. The third-order valence-corrected chi connectivity index (χ3v) is 4.32. The summed E-state index contributed by atoms with van der Waals surface area (Å²) in [5, 5.41) is 1.44. The van der Waals surface area contributed by atoms with Crippen molar-refractivity contribution >= 4 is 38.8 Å². The average Bonchev–Trinajstić information content (AvgIpc) is 2.81. The summed E-state index contributed by atoms with van der Waals surface area (Å²) in [6.07, 6.45) is 1.95. The Kier molecular flexibility index (Phi) is 1.45. The second-order valence-corrected chi connectivity index (χ2v) is 5.12. The third-order valence-electron chi connectivity index (χ3n) is 2.23. The van der Waals surface area contributed by atoms with E-state index >= 15 is 0 Å². The molecule has 0 radical (unpaired) electrons. The Bertz CT molecular complexity index is 724. The van der Waals surface area contributed by atoms with Crippen LogP contribution in [0, 0.1) is 0 Å². The lowest BCUT2D eigenvalue weighted by Gasteiger charge is -2.09. The van der Waals surface area contributed by atoms with Crippen LogP contribution in [0.2, 0.25) is 0 Å². The van der Waals surface area contributed by atoms with E-state index in [1.165, 1.54) is 11.8 Å². The lowest BCUT2D eigenvalue weighted by molar-refractivity contribution is 1.02. The molecule has 0 spiro atoms. The highest BCUT2D eigenvalue weighted by Gasteiger charge is 2.17. The van der Waals surface area contributed by atoms with E-state index in [0.29, 0.717) is 17.4 Å². The fraction of sp³-hybridized carbons (Fsp3) is 0.182. The molecule has 0 saturated carbocycles. The number of nitrogens with zero attached hydrogens (tertiary/aromatic N) is 1. The average molecular weight is 240 g/mol. The van der Waals surface area contributed by atoms with Gasteiger partial charge in [0.05, 0.1) is 17.1 Å². The van der Waals surface area contributed by atoms with Crippen molar-refractivity contribution in [2.75, 3.05) is 6.26 Å². The van der Waals surface area contributed by atoms with E-state index in [1.54, 1.807) is 11.8 Å². The van der Waals surface area contributed by atoms with E-state index in [4.69, 9.17) is 5.48 Å². The maximum absolute atomic E-state index is 8.00. The zero-order chi connectivity index (χ0) is 13.7. The molecule has 0 atom stereocenters. The van der Waals surface area contributed by atoms with Gasteiger partial charge in [-0.15, -0.1) is 11.8 Å². The Balaban J connectivity index is 2.32. The monoisotopic (exact) mass is 240 g/mol. The van der Waals surface area contributed by atoms with Gasteiger partial charge in [0.2, 0.25) is 0 Å². The first-order chi connectivity index (χ1) is 9.04. The van der Waals surface area contributed by atoms with Crippen LogP contribution in [0.15, 0.2) is 34.2 Å². The molecule has 15 heavy (non-hydrogen) atoms. The minimum atomic E-state index is -0.202. The molecule has 2 heterocycles. The predicted molar refractivity (Wildman–Crippen MR) is 68.8 cm³/mol. The van der Waals surface area contributed by atoms with Gasteiger partial charge in [-0.25, -0.2) is 0 Å². The molecule has 0 amide bonds. The zero-order valence-corrected chi connectivity index (χ0v) is 9.60. The van der Waals surface area contributed by atoms with Crippen LogP contribution in [0.5, 0.6) is 0 Å². The Morgan fingerprint density at radius 3 is 3.27 bits per heavy atom. The first-order valence-electron chi connectivity index (χ1n) is 6.41. The maximum Gasteiger partial charge on any atom is 0.130 e. The number of para-hydroxylation sites is 1. The van der Waals surface area contributed by atoms with Crippen molar-refractivity contribution < 1.29 is 5.48 Å². The first kappa shape index (κ1) is 6.01. The van der Waals surface area contributed by atoms with E-state index in [9.17, 15) is 0 Å². The summed E-state index contributed by atoms with van der Waals surface area (Å²) in [4.78, 5) is 7.52. The van der Waals surface area contributed by atoms with Gasteiger partial charge >= 0.3 is 0 Å². The number of aliphatic imine (C=N–C) groups is 1. The molecule has 0 fully saturated rings. The van der Waals surface area contributed by atoms with Gasteiger partial charge in [-0.1, -0.05) is 18.1 Å². The van der Waals surface area contributed by atoms with E-state index in [0.717, 1.165) is 15.0 Å². The molecule has 76 valence electrons. The number of hydrogen-bond acceptors (Lipinski definition) is 3. The van der Waals surface area contributed by atoms with Crippen LogP contribution >= 0.6 is 23.5 Å². The molecule has 0 unspecified atom stereocenters. The fourth-order valence-electron chi connectivity index (χ4n) is 1.54. The highest BCUT2D eigenvalue weighted by Crippen LogP contribution is 2.36. The number of rotatable bonds is 0. The summed E-state index contributed by atoms with van der Waals surface area (Å²) in [6, 6.07) is -0.398. The topological polar surface area (TPSA) is 28.1 Å². The lowest BCUT2D eigenvalue weighted by Crippen LogP contribution is -1.96. The molecule has 1 N–H and O–H groups in total. The smallest absolute Gasteiger partial charge is 0.130 e. The van der Waals surface area contributed by atoms with Crippen molar-refractivity contribution in [2.45, 2.75) is 11.6 Å². The molecule has 3 rings (SSSR count). The molecule has 4 heteroatoms. The number of hydrogen-bond donors (Lipinski definition) is 1. The summed E-state index contributed by atoms with van der Waals surface area (Å²) >= 11 is 3.04. The molecule has 1 aromatic heterocycles. The van der Waals surface area contributed by atoms with Crippen LogP contribution in [-0.4, -0.2) is 15.6 Å². The van der Waals surface area contributed by atoms with Gasteiger partial charge in [-0.3, -0.25) is 4.99 Å². The van der Waals surface area contributed by atoms with Crippen LogP contribution in [0.1, 0.15) is 11.0 Å². The molecule has 0 aliphatic carbocycles. The van der Waals surface area contributed by atoms with Crippen molar-refractivity contribution in [1.82, 2.24) is 4.98 Å². The molecule has 2 nitrogen and oxygen atoms in total. The number of benzene rings is 1. The summed E-state index contributed by atoms with van der Waals surface area (Å²) in [7, 11) is 0. The summed E-state index contributed by atoms with van der Waals surface area (Å²) in [5.74, 6) is 0. The number of nitrogens with one attached hydrogen (secondary N) is 1. The van der Waals surface area contributed by atoms with E-state index in [1.807, 2.05) is 6.26 Å². The first-order valence-corrected chi connectivity index (χ1v) is 6.46. The SMILES string of the molecule is [2H]c1c([2H])c([2H])c2c3c([nH]c2c1[2H])[34S]C(SC)=NC3. The molecule has 1 aliphatic heterocycles. The van der Waals surface area contributed by atoms with E-state index in [2.05, 4.69) is 9.98 Å². The minimum absolute atomic E-state index is 0.0110. The number of thioether (sulfide) groups is 2. The molecule has 2 aromatic rings. The minimum Gasteiger partial charge on any atom is -0.349 e. The van der Waals surface area contributed by atoms with Crippen molar-refractivity contribution in [1.29, 1.82) is 0 Å². The van der Waals surface area contributed by atoms with Gasteiger partial charge in [0.15, 0.2) is 0 Å². The Morgan fingerprint density at radius 2 is 2.40 bits per heavy atom. The number of H-pyrrole nitrogens is 1. The van der Waals surface area contributed by atoms with Crippen LogP contribution < -0.4 is 0 Å². The molecular weight excluding hydrogens is 226 g/mol. The van der Waals surface area contributed by atoms with Gasteiger partial charge in [-0.05, 0) is 24.1 Å². The van der Waals surface area contributed by atoms with Crippen LogP contribution in [-0.2, 0) is 6.54 Å². The lowest BCUT2D eigenvalue weighted by atomic mass is 10.2. The molecule has 1 aromatic carbocycles. The molecular formula is C11H10N2S2. The van der Waals surface area contributed by atoms with Gasteiger partial charge in [0.1, 0.15) is 4.38 Å². The van der Waals surface area contributed by atoms with Gasteiger partial charge in [0, 0.05) is 16.5 Å². The third kappa shape index (κ3) is 1.48. The fourth-order valence-corrected chi connectivity index (χ4v) is 3.07. The predicted octanol–water partition coefficient (Wildman–Crippen LogP) is 3.49. The van der Waals surface area contributed by atoms with Crippen molar-refractivity contribution in [3.05, 3.63) is 29.7 Å². The normalized spacial score (nSPS) is 18.9. The van der Waals surface area contributed by atoms with Crippen LogP contribution in [0.3, 0.4) is 0 Å². The summed E-state index contributed by atoms with van der Waals surface area (Å²) in [5.41, 5.74) is 1.34. The molecule has 0 bridgehead atoms. The van der Waals surface area contributed by atoms with Crippen LogP contribution in [0.25, 0.3) is 10.9 Å². The van der Waals surface area contributed by atoms with Crippen LogP contribution in [0.4, 0.5) is 0 Å². The Morgan fingerprint density at radius 1 is 1.53 bits per heavy atom. The van der Waals surface area contributed by atoms with E-state index < -0.39 is 0 Å². The van der Waals surface area contributed by atoms with Crippen molar-refractivity contribution in [2.24, 2.45) is 4.99 Å². The second kappa shape index (κ2) is 3.61. The quantitative estimate of drug-likeness (QED) is 0.714. The standard InChI is InChI=1S/C11H10N2S2/c1-14-11-12-6-8-7-4-2-3-5-9(7)13-10(8)15-11/h2-5,13H,6H2,1H3/i2D,3D,4D,5D,15+2. The number of fused-ring (bicyclic) bond motifs is 3. The van der Waals surface area contributed by atoms with Crippen molar-refractivity contribution in [3.8, 4) is 0 Å².